The quantitative estimate of drug-likeness (QED) is 0.161. The lowest BCUT2D eigenvalue weighted by Gasteiger charge is -2.13. The van der Waals surface area contributed by atoms with Crippen LogP contribution in [0.2, 0.25) is 0 Å². The summed E-state index contributed by atoms with van der Waals surface area (Å²) in [7, 11) is 0. The molecule has 12 rings (SSSR count). The molecule has 1 aliphatic carbocycles. The predicted molar refractivity (Wildman–Crippen MR) is 258 cm³/mol. The van der Waals surface area contributed by atoms with Crippen molar-refractivity contribution < 1.29 is 0 Å². The molecule has 1 aliphatic rings. The second-order valence-corrected chi connectivity index (χ2v) is 16.1. The summed E-state index contributed by atoms with van der Waals surface area (Å²) in [6.07, 6.45) is 6.74. The van der Waals surface area contributed by atoms with Gasteiger partial charge in [-0.3, -0.25) is 0 Å². The Morgan fingerprint density at radius 1 is 0.355 bits per heavy atom. The monoisotopic (exact) mass is 792 g/mol. The van der Waals surface area contributed by atoms with Crippen molar-refractivity contribution in [2.45, 2.75) is 12.8 Å². The average Bonchev–Trinajstić information content (AvgIpc) is 3.87. The first kappa shape index (κ1) is 35.8. The van der Waals surface area contributed by atoms with E-state index in [1.165, 1.54) is 60.8 Å². The third-order valence-corrected chi connectivity index (χ3v) is 12.4. The lowest BCUT2D eigenvalue weighted by atomic mass is 9.98. The topological polar surface area (TPSA) is 35.6 Å². The van der Waals surface area contributed by atoms with Crippen LogP contribution in [0.4, 0.5) is 0 Å². The molecule has 0 N–H and O–H groups in total. The first-order chi connectivity index (χ1) is 30.7. The van der Waals surface area contributed by atoms with Gasteiger partial charge in [-0.2, -0.15) is 0 Å². The van der Waals surface area contributed by atoms with Crippen molar-refractivity contribution in [3.63, 3.8) is 0 Å². The van der Waals surface area contributed by atoms with E-state index in [0.29, 0.717) is 5.82 Å². The fourth-order valence-electron chi connectivity index (χ4n) is 9.43. The number of aromatic nitrogens is 4. The first-order valence-corrected chi connectivity index (χ1v) is 21.4. The molecule has 4 nitrogen and oxygen atoms in total. The van der Waals surface area contributed by atoms with Crippen LogP contribution in [0.15, 0.2) is 212 Å². The summed E-state index contributed by atoms with van der Waals surface area (Å²) in [4.78, 5) is 10.1. The molecule has 11 aromatic rings. The minimum atomic E-state index is 0.715. The van der Waals surface area contributed by atoms with Crippen molar-refractivity contribution in [1.82, 2.24) is 19.1 Å². The molecule has 0 spiro atoms. The Balaban J connectivity index is 0.935. The van der Waals surface area contributed by atoms with E-state index in [1.54, 1.807) is 0 Å². The summed E-state index contributed by atoms with van der Waals surface area (Å²) in [5.74, 6) is 0.715. The molecule has 0 saturated heterocycles. The van der Waals surface area contributed by atoms with Gasteiger partial charge in [0.1, 0.15) is 0 Å². The number of hydrogen-bond donors (Lipinski definition) is 0. The van der Waals surface area contributed by atoms with Crippen LogP contribution >= 0.6 is 0 Å². The van der Waals surface area contributed by atoms with Gasteiger partial charge in [0, 0.05) is 55.5 Å². The standard InChI is InChI=1S/C58H40N4/c1-4-15-40(16-5-1)52-38-53(60-58(59-52)42-17-6-2-7-18-42)41-29-27-39(28-30-41)45-31-33-50-48-23-10-12-25-54(48)62(57(50)37-45)47-22-14-19-43(35-47)44-32-34-56-51(36-44)49-24-11-13-26-55(49)61(56)46-20-8-3-9-21-46/h1-12,14-25,27-38H,13,26H2. The average molecular weight is 793 g/mol. The van der Waals surface area contributed by atoms with E-state index >= 15 is 0 Å². The Morgan fingerprint density at radius 3 is 1.71 bits per heavy atom. The lowest BCUT2D eigenvalue weighted by Crippen LogP contribution is -2.02. The maximum Gasteiger partial charge on any atom is 0.160 e. The van der Waals surface area contributed by atoms with Crippen LogP contribution in [0, 0.1) is 0 Å². The minimum Gasteiger partial charge on any atom is -0.313 e. The highest BCUT2D eigenvalue weighted by molar-refractivity contribution is 6.10. The third kappa shape index (κ3) is 6.15. The van der Waals surface area contributed by atoms with E-state index in [4.69, 9.17) is 9.97 Å². The van der Waals surface area contributed by atoms with Crippen molar-refractivity contribution in [1.29, 1.82) is 0 Å². The molecule has 3 aromatic heterocycles. The second-order valence-electron chi connectivity index (χ2n) is 16.1. The van der Waals surface area contributed by atoms with Gasteiger partial charge in [-0.05, 0) is 89.7 Å². The minimum absolute atomic E-state index is 0.715. The summed E-state index contributed by atoms with van der Waals surface area (Å²) in [6.45, 7) is 0. The first-order valence-electron chi connectivity index (χ1n) is 21.4. The van der Waals surface area contributed by atoms with Gasteiger partial charge >= 0.3 is 0 Å². The highest BCUT2D eigenvalue weighted by Crippen LogP contribution is 2.39. The zero-order valence-corrected chi connectivity index (χ0v) is 34.0. The fourth-order valence-corrected chi connectivity index (χ4v) is 9.43. The molecule has 3 heterocycles. The molecule has 292 valence electrons. The van der Waals surface area contributed by atoms with Crippen LogP contribution in [0.25, 0.3) is 106 Å². The molecule has 0 saturated carbocycles. The molecule has 0 radical (unpaired) electrons. The number of rotatable bonds is 7. The van der Waals surface area contributed by atoms with Crippen molar-refractivity contribution >= 4 is 38.8 Å². The predicted octanol–water partition coefficient (Wildman–Crippen LogP) is 14.8. The molecule has 0 bridgehead atoms. The molecule has 0 fully saturated rings. The smallest absolute Gasteiger partial charge is 0.160 e. The molecule has 8 aromatic carbocycles. The van der Waals surface area contributed by atoms with Crippen molar-refractivity contribution in [2.75, 3.05) is 0 Å². The van der Waals surface area contributed by atoms with Crippen LogP contribution in [-0.4, -0.2) is 19.1 Å². The summed E-state index contributed by atoms with van der Waals surface area (Å²) < 4.78 is 4.88. The number of allylic oxidation sites excluding steroid dienone is 1. The molecule has 4 heteroatoms. The summed E-state index contributed by atoms with van der Waals surface area (Å²) in [6, 6.07) is 73.9. The van der Waals surface area contributed by atoms with Crippen molar-refractivity contribution in [2.24, 2.45) is 0 Å². The number of para-hydroxylation sites is 2. The summed E-state index contributed by atoms with van der Waals surface area (Å²) >= 11 is 0. The molecular weight excluding hydrogens is 753 g/mol. The van der Waals surface area contributed by atoms with Gasteiger partial charge in [-0.1, -0.05) is 164 Å². The molecule has 0 unspecified atom stereocenters. The number of hydrogen-bond acceptors (Lipinski definition) is 2. The van der Waals surface area contributed by atoms with E-state index in [2.05, 4.69) is 203 Å². The Labute approximate surface area is 360 Å². The Hall–Kier alpha value is -8.08. The molecule has 62 heavy (non-hydrogen) atoms. The zero-order valence-electron chi connectivity index (χ0n) is 34.0. The van der Waals surface area contributed by atoms with E-state index in [1.807, 2.05) is 24.3 Å². The largest absolute Gasteiger partial charge is 0.313 e. The normalized spacial score (nSPS) is 12.3. The highest BCUT2D eigenvalue weighted by Gasteiger charge is 2.20. The fraction of sp³-hybridized carbons (Fsp3) is 0.0345. The lowest BCUT2D eigenvalue weighted by molar-refractivity contribution is 0.888. The van der Waals surface area contributed by atoms with Gasteiger partial charge < -0.3 is 9.13 Å². The van der Waals surface area contributed by atoms with Crippen LogP contribution in [0.1, 0.15) is 17.7 Å². The van der Waals surface area contributed by atoms with Crippen molar-refractivity contribution in [3.05, 3.63) is 224 Å². The van der Waals surface area contributed by atoms with Crippen LogP contribution in [0.3, 0.4) is 0 Å². The third-order valence-electron chi connectivity index (χ3n) is 12.4. The van der Waals surface area contributed by atoms with E-state index in [-0.39, 0.29) is 0 Å². The molecular formula is C58H40N4. The SMILES string of the molecule is C1=Cc2c(n(-c3ccccc3)c3ccc(-c4cccc(-n5c6ccccc6c6ccc(-c7ccc(-c8cc(-c9ccccc9)nc(-c9ccccc9)n8)cc7)cc65)c4)cc23)CC1. The number of benzene rings is 8. The Bertz CT molecular complexity index is 3430. The van der Waals surface area contributed by atoms with Crippen molar-refractivity contribution in [3.8, 4) is 67.5 Å². The summed E-state index contributed by atoms with van der Waals surface area (Å²) in [5, 5.41) is 3.77. The number of fused-ring (bicyclic) bond motifs is 6. The maximum atomic E-state index is 5.07. The molecule has 0 atom stereocenters. The Kier molecular flexibility index (Phi) is 8.60. The van der Waals surface area contributed by atoms with E-state index in [9.17, 15) is 0 Å². The Morgan fingerprint density at radius 2 is 0.919 bits per heavy atom. The second kappa shape index (κ2) is 14.9. The maximum absolute atomic E-state index is 5.07. The van der Waals surface area contributed by atoms with Crippen LogP contribution in [0.5, 0.6) is 0 Å². The van der Waals surface area contributed by atoms with Gasteiger partial charge in [0.15, 0.2) is 5.82 Å². The van der Waals surface area contributed by atoms with Gasteiger partial charge in [0.2, 0.25) is 0 Å². The van der Waals surface area contributed by atoms with Gasteiger partial charge in [-0.25, -0.2) is 9.97 Å². The van der Waals surface area contributed by atoms with E-state index in [0.717, 1.165) is 57.7 Å². The van der Waals surface area contributed by atoms with Crippen LogP contribution in [-0.2, 0) is 6.42 Å². The molecule has 0 aliphatic heterocycles. The number of nitrogens with zero attached hydrogens (tertiary/aromatic N) is 4. The molecule has 0 amide bonds. The zero-order chi connectivity index (χ0) is 41.0. The van der Waals surface area contributed by atoms with E-state index < -0.39 is 0 Å². The van der Waals surface area contributed by atoms with Crippen LogP contribution < -0.4 is 0 Å². The highest BCUT2D eigenvalue weighted by atomic mass is 15.0. The van der Waals surface area contributed by atoms with Gasteiger partial charge in [0.25, 0.3) is 0 Å². The van der Waals surface area contributed by atoms with Gasteiger partial charge in [-0.15, -0.1) is 0 Å². The summed E-state index contributed by atoms with van der Waals surface area (Å²) in [5.41, 5.74) is 18.3. The van der Waals surface area contributed by atoms with Gasteiger partial charge in [0.05, 0.1) is 27.9 Å².